The Labute approximate surface area is 191 Å². The number of nitrogens with zero attached hydrogens (tertiary/aromatic N) is 1. The molecule has 1 N–H and O–H groups in total. The minimum atomic E-state index is -0.780. The van der Waals surface area contributed by atoms with Crippen LogP contribution in [-0.2, 0) is 20.7 Å². The number of amides is 1. The largest absolute Gasteiger partial charge is 0.497 e. The molecule has 2 aromatic carbocycles. The van der Waals surface area contributed by atoms with E-state index >= 15 is 0 Å². The number of carbonyl (C=O) groups excluding carboxylic acids is 2. The number of esters is 1. The first-order valence-electron chi connectivity index (χ1n) is 11.0. The van der Waals surface area contributed by atoms with Crippen LogP contribution in [0, 0.1) is 5.92 Å². The molecule has 0 radical (unpaired) electrons. The van der Waals surface area contributed by atoms with Gasteiger partial charge in [0.25, 0.3) is 0 Å². The molecule has 2 aliphatic rings. The van der Waals surface area contributed by atoms with Gasteiger partial charge >= 0.3 is 11.9 Å². The molecule has 1 unspecified atom stereocenters. The Hall–Kier alpha value is -2.99. The Morgan fingerprint density at radius 2 is 1.94 bits per heavy atom. The van der Waals surface area contributed by atoms with Gasteiger partial charge in [-0.1, -0.05) is 30.2 Å². The van der Waals surface area contributed by atoms with E-state index in [0.717, 1.165) is 52.7 Å². The van der Waals surface area contributed by atoms with Crippen LogP contribution in [0.25, 0.3) is 10.9 Å². The van der Waals surface area contributed by atoms with Gasteiger partial charge in [0.1, 0.15) is 5.75 Å². The number of benzene rings is 2. The van der Waals surface area contributed by atoms with Crippen LogP contribution in [0.1, 0.15) is 42.1 Å². The first-order chi connectivity index (χ1) is 15.5. The lowest BCUT2D eigenvalue weighted by Gasteiger charge is -2.35. The molecular formula is C25H25ClN2O4. The van der Waals surface area contributed by atoms with Gasteiger partial charge in [-0.25, -0.2) is 4.79 Å². The number of halogens is 1. The van der Waals surface area contributed by atoms with E-state index in [-0.39, 0.29) is 0 Å². The predicted octanol–water partition coefficient (Wildman–Crippen LogP) is 4.65. The maximum Gasteiger partial charge on any atom is 0.397 e. The Morgan fingerprint density at radius 1 is 1.16 bits per heavy atom. The number of aromatic nitrogens is 1. The van der Waals surface area contributed by atoms with Crippen molar-refractivity contribution in [2.75, 3.05) is 20.3 Å². The summed E-state index contributed by atoms with van der Waals surface area (Å²) in [6.45, 7) is 0.738. The first-order valence-corrected chi connectivity index (χ1v) is 11.3. The molecule has 3 aromatic rings. The minimum absolute atomic E-state index is 0.321. The number of rotatable bonds is 4. The van der Waals surface area contributed by atoms with Crippen molar-refractivity contribution in [2.45, 2.75) is 31.7 Å². The second-order valence-electron chi connectivity index (χ2n) is 8.53. The van der Waals surface area contributed by atoms with E-state index in [4.69, 9.17) is 21.1 Å². The fraction of sp³-hybridized carbons (Fsp3) is 0.360. The molecule has 1 aromatic heterocycles. The molecule has 0 spiro atoms. The first kappa shape index (κ1) is 20.9. The van der Waals surface area contributed by atoms with E-state index in [2.05, 4.69) is 4.98 Å². The van der Waals surface area contributed by atoms with Gasteiger partial charge in [0.15, 0.2) is 0 Å². The maximum atomic E-state index is 13.2. The van der Waals surface area contributed by atoms with Crippen molar-refractivity contribution < 1.29 is 19.1 Å². The Bertz CT molecular complexity index is 1170. The van der Waals surface area contributed by atoms with Crippen LogP contribution >= 0.6 is 11.6 Å². The van der Waals surface area contributed by atoms with Crippen LogP contribution in [0.3, 0.4) is 0 Å². The Morgan fingerprint density at radius 3 is 2.62 bits per heavy atom. The molecule has 1 atom stereocenters. The number of hydrogen-bond acceptors (Lipinski definition) is 4. The summed E-state index contributed by atoms with van der Waals surface area (Å²) >= 11 is 6.25. The number of methoxy groups -OCH3 is 1. The van der Waals surface area contributed by atoms with E-state index in [0.29, 0.717) is 30.5 Å². The molecule has 1 aliphatic carbocycles. The number of carbonyl (C=O) groups is 2. The molecule has 7 heteroatoms. The zero-order chi connectivity index (χ0) is 22.2. The molecule has 1 amide bonds. The van der Waals surface area contributed by atoms with Crippen LogP contribution < -0.4 is 4.74 Å². The molecule has 1 aliphatic heterocycles. The van der Waals surface area contributed by atoms with Crippen molar-refractivity contribution in [1.29, 1.82) is 0 Å². The molecule has 0 bridgehead atoms. The summed E-state index contributed by atoms with van der Waals surface area (Å²) in [6, 6.07) is 12.9. The van der Waals surface area contributed by atoms with Gasteiger partial charge in [0, 0.05) is 28.2 Å². The van der Waals surface area contributed by atoms with E-state index in [1.54, 1.807) is 12.0 Å². The molecular weight excluding hydrogens is 428 g/mol. The molecule has 166 valence electrons. The van der Waals surface area contributed by atoms with Gasteiger partial charge in [0.05, 0.1) is 19.8 Å². The second kappa shape index (κ2) is 8.51. The third-order valence-corrected chi connectivity index (χ3v) is 6.87. The highest BCUT2D eigenvalue weighted by Crippen LogP contribution is 2.39. The minimum Gasteiger partial charge on any atom is -0.497 e. The fourth-order valence-electron chi connectivity index (χ4n) is 4.64. The third-order valence-electron chi connectivity index (χ3n) is 6.63. The SMILES string of the molecule is COc1ccc(C2c3[nH]c4ccc(Cl)cc4c3CCN2C(=O)C(=O)OCC2CCC2)cc1. The highest BCUT2D eigenvalue weighted by atomic mass is 35.5. The van der Waals surface area contributed by atoms with Crippen molar-refractivity contribution in [3.8, 4) is 5.75 Å². The van der Waals surface area contributed by atoms with Crippen LogP contribution in [0.4, 0.5) is 0 Å². The normalized spacial score (nSPS) is 18.2. The lowest BCUT2D eigenvalue weighted by Crippen LogP contribution is -2.45. The van der Waals surface area contributed by atoms with Crippen LogP contribution in [0.15, 0.2) is 42.5 Å². The van der Waals surface area contributed by atoms with Gasteiger partial charge in [-0.05, 0) is 66.6 Å². The number of fused-ring (bicyclic) bond motifs is 3. The molecule has 1 fully saturated rings. The standard InChI is InChI=1S/C25H25ClN2O4/c1-31-18-8-5-16(6-9-18)23-22-19(20-13-17(26)7-10-21(20)27-22)11-12-28(23)24(29)25(30)32-14-15-3-2-4-15/h5-10,13,15,23,27H,2-4,11-12,14H2,1H3. The molecule has 0 saturated heterocycles. The van der Waals surface area contributed by atoms with Crippen molar-refractivity contribution in [1.82, 2.24) is 9.88 Å². The van der Waals surface area contributed by atoms with Crippen molar-refractivity contribution in [2.24, 2.45) is 5.92 Å². The fourth-order valence-corrected chi connectivity index (χ4v) is 4.82. The zero-order valence-corrected chi connectivity index (χ0v) is 18.7. The molecule has 6 nitrogen and oxygen atoms in total. The topological polar surface area (TPSA) is 71.6 Å². The third kappa shape index (κ3) is 3.73. The molecule has 2 heterocycles. The van der Waals surface area contributed by atoms with Gasteiger partial charge < -0.3 is 19.4 Å². The van der Waals surface area contributed by atoms with Crippen molar-refractivity contribution in [3.63, 3.8) is 0 Å². The summed E-state index contributed by atoms with van der Waals surface area (Å²) in [7, 11) is 1.61. The number of ether oxygens (including phenoxy) is 2. The average Bonchev–Trinajstić information content (AvgIpc) is 3.14. The Kier molecular flexibility index (Phi) is 5.55. The highest BCUT2D eigenvalue weighted by Gasteiger charge is 2.38. The second-order valence-corrected chi connectivity index (χ2v) is 8.96. The molecule has 1 saturated carbocycles. The van der Waals surface area contributed by atoms with E-state index in [1.165, 1.54) is 0 Å². The lowest BCUT2D eigenvalue weighted by atomic mass is 9.86. The Balaban J connectivity index is 1.51. The summed E-state index contributed by atoms with van der Waals surface area (Å²) in [6.07, 6.45) is 3.90. The van der Waals surface area contributed by atoms with Crippen LogP contribution in [-0.4, -0.2) is 42.0 Å². The van der Waals surface area contributed by atoms with Crippen LogP contribution in [0.5, 0.6) is 5.75 Å². The average molecular weight is 453 g/mol. The summed E-state index contributed by atoms with van der Waals surface area (Å²) in [4.78, 5) is 30.9. The maximum absolute atomic E-state index is 13.2. The predicted molar refractivity (Wildman–Crippen MR) is 122 cm³/mol. The summed E-state index contributed by atoms with van der Waals surface area (Å²) < 4.78 is 10.7. The summed E-state index contributed by atoms with van der Waals surface area (Å²) in [5.74, 6) is -0.271. The van der Waals surface area contributed by atoms with E-state index in [9.17, 15) is 9.59 Å². The highest BCUT2D eigenvalue weighted by molar-refractivity contribution is 6.32. The van der Waals surface area contributed by atoms with E-state index in [1.807, 2.05) is 42.5 Å². The smallest absolute Gasteiger partial charge is 0.397 e. The number of nitrogens with one attached hydrogen (secondary N) is 1. The van der Waals surface area contributed by atoms with Gasteiger partial charge in [-0.3, -0.25) is 4.79 Å². The van der Waals surface area contributed by atoms with Gasteiger partial charge in [-0.2, -0.15) is 0 Å². The molecule has 32 heavy (non-hydrogen) atoms. The zero-order valence-electron chi connectivity index (χ0n) is 17.9. The number of H-pyrrole nitrogens is 1. The number of hydrogen-bond donors (Lipinski definition) is 1. The quantitative estimate of drug-likeness (QED) is 0.462. The summed E-state index contributed by atoms with van der Waals surface area (Å²) in [5.41, 5.74) is 3.87. The van der Waals surface area contributed by atoms with E-state index < -0.39 is 17.9 Å². The van der Waals surface area contributed by atoms with Crippen molar-refractivity contribution in [3.05, 3.63) is 64.3 Å². The molecule has 5 rings (SSSR count). The number of aromatic amines is 1. The lowest BCUT2D eigenvalue weighted by molar-refractivity contribution is -0.162. The van der Waals surface area contributed by atoms with Gasteiger partial charge in [-0.15, -0.1) is 0 Å². The van der Waals surface area contributed by atoms with Gasteiger partial charge in [0.2, 0.25) is 0 Å². The van der Waals surface area contributed by atoms with Crippen molar-refractivity contribution >= 4 is 34.4 Å². The monoisotopic (exact) mass is 452 g/mol. The summed E-state index contributed by atoms with van der Waals surface area (Å²) in [5, 5.41) is 1.71. The van der Waals surface area contributed by atoms with Crippen LogP contribution in [0.2, 0.25) is 5.02 Å².